The number of para-hydroxylation sites is 1. The van der Waals surface area contributed by atoms with Crippen LogP contribution in [0.5, 0.6) is 0 Å². The van der Waals surface area contributed by atoms with E-state index in [2.05, 4.69) is 17.6 Å². The quantitative estimate of drug-likeness (QED) is 0.0573. The lowest BCUT2D eigenvalue weighted by molar-refractivity contribution is -0.384. The van der Waals surface area contributed by atoms with Crippen LogP contribution in [0.4, 0.5) is 11.4 Å². The van der Waals surface area contributed by atoms with E-state index in [0.717, 1.165) is 35.0 Å². The fourth-order valence-electron chi connectivity index (χ4n) is 6.13. The highest BCUT2D eigenvalue weighted by Crippen LogP contribution is 2.34. The first kappa shape index (κ1) is 26.6. The molecule has 2 aromatic heterocycles. The highest BCUT2D eigenvalue weighted by atomic mass is 16.6. The zero-order valence-electron chi connectivity index (χ0n) is 23.1. The van der Waals surface area contributed by atoms with Crippen molar-refractivity contribution >= 4 is 68.6 Å². The van der Waals surface area contributed by atoms with Gasteiger partial charge in [-0.2, -0.15) is 0 Å². The molecule has 2 amide bonds. The van der Waals surface area contributed by atoms with Crippen molar-refractivity contribution in [2.75, 3.05) is 18.4 Å². The molecule has 0 bridgehead atoms. The SMILES string of the molecule is O=C1c2cccc3cc([N+](=O)[O-])cc(c23)C(=O)N1CCC[B]CCCNc1ccc2ncn3c4ccccc4c(=O)c1c23. The predicted molar refractivity (Wildman–Crippen MR) is 167 cm³/mol. The maximum atomic E-state index is 13.4. The van der Waals surface area contributed by atoms with Gasteiger partial charge in [0.05, 0.1) is 32.4 Å². The van der Waals surface area contributed by atoms with Crippen molar-refractivity contribution in [3.8, 4) is 0 Å². The van der Waals surface area contributed by atoms with Crippen molar-refractivity contribution in [3.05, 3.63) is 105 Å². The van der Waals surface area contributed by atoms with Gasteiger partial charge in [0.1, 0.15) is 13.6 Å². The number of hydrogen-bond acceptors (Lipinski definition) is 7. The molecule has 211 valence electrons. The fourth-order valence-corrected chi connectivity index (χ4v) is 6.13. The van der Waals surface area contributed by atoms with E-state index in [-0.39, 0.29) is 29.1 Å². The molecule has 1 aliphatic rings. The monoisotopic (exact) mass is 570 g/mol. The molecule has 0 atom stereocenters. The predicted octanol–water partition coefficient (Wildman–Crippen LogP) is 5.53. The highest BCUT2D eigenvalue weighted by Gasteiger charge is 2.33. The summed E-state index contributed by atoms with van der Waals surface area (Å²) >= 11 is 0. The molecule has 43 heavy (non-hydrogen) atoms. The Balaban J connectivity index is 0.955. The number of carbonyl (C=O) groups is 2. The molecule has 10 nitrogen and oxygen atoms in total. The summed E-state index contributed by atoms with van der Waals surface area (Å²) in [6.07, 6.45) is 4.70. The molecule has 0 saturated carbocycles. The largest absolute Gasteiger partial charge is 0.384 e. The zero-order chi connectivity index (χ0) is 29.7. The summed E-state index contributed by atoms with van der Waals surface area (Å²) in [4.78, 5) is 56.3. The minimum Gasteiger partial charge on any atom is -0.384 e. The molecule has 0 spiro atoms. The van der Waals surface area contributed by atoms with E-state index in [9.17, 15) is 24.5 Å². The molecular formula is C32H25BN5O5. The second-order valence-corrected chi connectivity index (χ2v) is 10.7. The Labute approximate surface area is 245 Å². The number of anilines is 1. The van der Waals surface area contributed by atoms with Crippen LogP contribution >= 0.6 is 0 Å². The third kappa shape index (κ3) is 4.35. The van der Waals surface area contributed by atoms with Gasteiger partial charge in [0.25, 0.3) is 17.5 Å². The van der Waals surface area contributed by atoms with E-state index >= 15 is 0 Å². The molecule has 0 aliphatic carbocycles. The molecule has 11 heteroatoms. The second kappa shape index (κ2) is 10.5. The molecule has 7 rings (SSSR count). The van der Waals surface area contributed by atoms with Gasteiger partial charge in [0.2, 0.25) is 0 Å². The third-order valence-electron chi connectivity index (χ3n) is 8.16. The van der Waals surface area contributed by atoms with Crippen LogP contribution in [0.1, 0.15) is 33.6 Å². The van der Waals surface area contributed by atoms with Crippen molar-refractivity contribution in [3.63, 3.8) is 0 Å². The Morgan fingerprint density at radius 3 is 2.56 bits per heavy atom. The molecule has 1 radical (unpaired) electrons. The van der Waals surface area contributed by atoms with E-state index < -0.39 is 10.8 Å². The maximum Gasteiger partial charge on any atom is 0.270 e. The number of imide groups is 1. The lowest BCUT2D eigenvalue weighted by atomic mass is 9.69. The smallest absolute Gasteiger partial charge is 0.270 e. The second-order valence-electron chi connectivity index (χ2n) is 10.7. The van der Waals surface area contributed by atoms with Crippen LogP contribution in [0.15, 0.2) is 77.9 Å². The Bertz CT molecular complexity index is 2160. The third-order valence-corrected chi connectivity index (χ3v) is 8.16. The summed E-state index contributed by atoms with van der Waals surface area (Å²) < 4.78 is 1.97. The average molecular weight is 570 g/mol. The van der Waals surface area contributed by atoms with Gasteiger partial charge in [0, 0.05) is 47.2 Å². The topological polar surface area (TPSA) is 127 Å². The molecule has 0 unspecified atom stereocenters. The molecule has 3 heterocycles. The minimum atomic E-state index is -0.527. The van der Waals surface area contributed by atoms with Crippen LogP contribution in [-0.4, -0.2) is 51.4 Å². The Morgan fingerprint density at radius 1 is 0.884 bits per heavy atom. The number of nitro benzene ring substituents is 1. The van der Waals surface area contributed by atoms with Crippen LogP contribution < -0.4 is 10.7 Å². The summed E-state index contributed by atoms with van der Waals surface area (Å²) in [5.41, 5.74) is 3.61. The van der Waals surface area contributed by atoms with Crippen LogP contribution in [-0.2, 0) is 0 Å². The minimum absolute atomic E-state index is 0.0152. The zero-order valence-corrected chi connectivity index (χ0v) is 23.1. The van der Waals surface area contributed by atoms with Gasteiger partial charge in [0.15, 0.2) is 5.43 Å². The number of aromatic nitrogens is 2. The van der Waals surface area contributed by atoms with E-state index in [0.29, 0.717) is 46.4 Å². The lowest BCUT2D eigenvalue weighted by Gasteiger charge is -2.27. The van der Waals surface area contributed by atoms with Crippen LogP contribution in [0.25, 0.3) is 38.1 Å². The van der Waals surface area contributed by atoms with Crippen molar-refractivity contribution < 1.29 is 14.5 Å². The summed E-state index contributed by atoms with van der Waals surface area (Å²) in [5.74, 6) is -0.873. The first-order valence-corrected chi connectivity index (χ1v) is 14.2. The van der Waals surface area contributed by atoms with Crippen molar-refractivity contribution in [2.45, 2.75) is 25.5 Å². The van der Waals surface area contributed by atoms with Crippen LogP contribution in [0.2, 0.25) is 12.6 Å². The number of non-ortho nitro benzene ring substituents is 1. The number of nitrogens with zero attached hydrogens (tertiary/aromatic N) is 4. The van der Waals surface area contributed by atoms with Crippen molar-refractivity contribution in [1.29, 1.82) is 0 Å². The standard InChI is InChI=1S/C32H25BN5O5/c39-30-21-7-1-2-9-26(21)37-18-35-25-11-10-24(28(30)29(25)37)34-14-4-12-33-13-5-15-36-31(40)22-8-3-6-19-16-20(38(42)43)17-23(27(19)22)32(36)41/h1-3,6-11,16-18,34H,4-5,12-15H2. The van der Waals surface area contributed by atoms with E-state index in [4.69, 9.17) is 0 Å². The Kier molecular flexibility index (Phi) is 6.49. The number of rotatable bonds is 10. The van der Waals surface area contributed by atoms with E-state index in [1.807, 2.05) is 40.8 Å². The normalized spacial score (nSPS) is 13.1. The Hall–Kier alpha value is -5.32. The number of benzene rings is 4. The van der Waals surface area contributed by atoms with E-state index in [1.54, 1.807) is 24.5 Å². The summed E-state index contributed by atoms with van der Waals surface area (Å²) in [6.45, 7) is 0.895. The number of hydrogen-bond donors (Lipinski definition) is 1. The Morgan fingerprint density at radius 2 is 1.70 bits per heavy atom. The molecule has 6 aromatic rings. The first-order chi connectivity index (χ1) is 20.9. The van der Waals surface area contributed by atoms with Crippen molar-refractivity contribution in [1.82, 2.24) is 14.3 Å². The number of amides is 2. The number of fused-ring (bicyclic) bond motifs is 2. The number of nitrogens with one attached hydrogen (secondary N) is 1. The van der Waals surface area contributed by atoms with Gasteiger partial charge in [-0.1, -0.05) is 36.9 Å². The molecule has 0 saturated heterocycles. The molecule has 1 N–H and O–H groups in total. The molecule has 0 fully saturated rings. The van der Waals surface area contributed by atoms with Crippen LogP contribution in [0, 0.1) is 10.1 Å². The summed E-state index contributed by atoms with van der Waals surface area (Å²) in [7, 11) is 2.13. The van der Waals surface area contributed by atoms with Crippen LogP contribution in [0.3, 0.4) is 0 Å². The van der Waals surface area contributed by atoms with E-state index in [1.165, 1.54) is 17.0 Å². The fraction of sp³-hybridized carbons (Fsp3) is 0.188. The number of imidazole rings is 1. The molecule has 4 aromatic carbocycles. The molecular weight excluding hydrogens is 545 g/mol. The first-order valence-electron chi connectivity index (χ1n) is 14.2. The van der Waals surface area contributed by atoms with Gasteiger partial charge in [-0.05, 0) is 48.6 Å². The number of pyridine rings is 1. The number of carbonyl (C=O) groups excluding carboxylic acids is 2. The maximum absolute atomic E-state index is 13.4. The van der Waals surface area contributed by atoms with Crippen molar-refractivity contribution in [2.24, 2.45) is 0 Å². The summed E-state index contributed by atoms with van der Waals surface area (Å²) in [6, 6.07) is 19.0. The molecule has 1 aliphatic heterocycles. The van der Waals surface area contributed by atoms with Gasteiger partial charge >= 0.3 is 0 Å². The number of nitro groups is 1. The van der Waals surface area contributed by atoms with Gasteiger partial charge < -0.3 is 5.32 Å². The lowest BCUT2D eigenvalue weighted by Crippen LogP contribution is -2.41. The van der Waals surface area contributed by atoms with Gasteiger partial charge in [-0.15, -0.1) is 0 Å². The average Bonchev–Trinajstić information content (AvgIpc) is 3.45. The van der Waals surface area contributed by atoms with Gasteiger partial charge in [-0.3, -0.25) is 33.8 Å². The highest BCUT2D eigenvalue weighted by molar-refractivity contribution is 6.35. The summed E-state index contributed by atoms with van der Waals surface area (Å²) in [5, 5.41) is 17.1. The van der Waals surface area contributed by atoms with Gasteiger partial charge in [-0.25, -0.2) is 4.98 Å².